The molecule has 130 valence electrons. The fourth-order valence-electron chi connectivity index (χ4n) is 3.42. The first-order chi connectivity index (χ1) is 11.2. The zero-order valence-electron chi connectivity index (χ0n) is 12.7. The third-order valence-electron chi connectivity index (χ3n) is 4.79. The molecule has 0 aliphatic carbocycles. The molecule has 2 fully saturated rings. The highest BCUT2D eigenvalue weighted by atomic mass is 32.2. The number of rotatable bonds is 2. The van der Waals surface area contributed by atoms with Gasteiger partial charge < -0.3 is 5.32 Å². The Morgan fingerprint density at radius 3 is 2.62 bits per heavy atom. The molecule has 24 heavy (non-hydrogen) atoms. The van der Waals surface area contributed by atoms with Crippen LogP contribution in [0, 0.1) is 16.7 Å². The van der Waals surface area contributed by atoms with Gasteiger partial charge in [-0.15, -0.1) is 0 Å². The van der Waals surface area contributed by atoms with E-state index in [0.717, 1.165) is 38.1 Å². The van der Waals surface area contributed by atoms with E-state index in [0.29, 0.717) is 19.2 Å². The minimum atomic E-state index is -4.69. The summed E-state index contributed by atoms with van der Waals surface area (Å²) in [5, 5.41) is 12.2. The molecule has 0 aromatic heterocycles. The molecule has 1 spiro atoms. The van der Waals surface area contributed by atoms with E-state index in [9.17, 15) is 21.6 Å². The Bertz CT molecular complexity index is 793. The Kier molecular flexibility index (Phi) is 4.10. The standard InChI is InChI=1S/C15H16F3N3O2S/c16-15(17,18)13-2-1-12(7-11(13)8-19)24(22,23)21-6-4-14(10-21)3-5-20-9-14/h1-2,7,20H,3-6,9-10H2. The molecular weight excluding hydrogens is 343 g/mol. The van der Waals surface area contributed by atoms with Gasteiger partial charge in [0.15, 0.2) is 0 Å². The Balaban J connectivity index is 1.92. The number of halogens is 3. The number of nitrogens with zero attached hydrogens (tertiary/aromatic N) is 2. The summed E-state index contributed by atoms with van der Waals surface area (Å²) in [4.78, 5) is -0.268. The monoisotopic (exact) mass is 359 g/mol. The number of benzene rings is 1. The van der Waals surface area contributed by atoms with Gasteiger partial charge in [-0.25, -0.2) is 8.42 Å². The fraction of sp³-hybridized carbons (Fsp3) is 0.533. The van der Waals surface area contributed by atoms with Gasteiger partial charge in [-0.1, -0.05) is 0 Å². The lowest BCUT2D eigenvalue weighted by atomic mass is 9.87. The Labute approximate surface area is 138 Å². The van der Waals surface area contributed by atoms with Gasteiger partial charge in [0.25, 0.3) is 0 Å². The maximum Gasteiger partial charge on any atom is 0.417 e. The molecule has 1 aromatic carbocycles. The van der Waals surface area contributed by atoms with Crippen LogP contribution in [0.15, 0.2) is 23.1 Å². The molecule has 5 nitrogen and oxygen atoms in total. The molecule has 9 heteroatoms. The van der Waals surface area contributed by atoms with E-state index in [1.807, 2.05) is 0 Å². The zero-order valence-corrected chi connectivity index (χ0v) is 13.5. The first kappa shape index (κ1) is 17.2. The molecule has 2 heterocycles. The zero-order chi connectivity index (χ0) is 17.6. The van der Waals surface area contributed by atoms with E-state index in [4.69, 9.17) is 5.26 Å². The van der Waals surface area contributed by atoms with E-state index in [1.54, 1.807) is 0 Å². The van der Waals surface area contributed by atoms with Crippen LogP contribution in [0.5, 0.6) is 0 Å². The highest BCUT2D eigenvalue weighted by Gasteiger charge is 2.44. The maximum absolute atomic E-state index is 12.8. The Morgan fingerprint density at radius 1 is 1.29 bits per heavy atom. The molecular formula is C15H16F3N3O2S. The Morgan fingerprint density at radius 2 is 2.04 bits per heavy atom. The largest absolute Gasteiger partial charge is 0.417 e. The molecule has 2 saturated heterocycles. The van der Waals surface area contributed by atoms with Crippen LogP contribution in [0.1, 0.15) is 24.0 Å². The third kappa shape index (κ3) is 2.90. The summed E-state index contributed by atoms with van der Waals surface area (Å²) in [6, 6.07) is 3.84. The summed E-state index contributed by atoms with van der Waals surface area (Å²) in [7, 11) is -3.91. The quantitative estimate of drug-likeness (QED) is 0.876. The lowest BCUT2D eigenvalue weighted by molar-refractivity contribution is -0.137. The topological polar surface area (TPSA) is 73.2 Å². The van der Waals surface area contributed by atoms with E-state index in [2.05, 4.69) is 5.32 Å². The van der Waals surface area contributed by atoms with Crippen LogP contribution in [0.3, 0.4) is 0 Å². The van der Waals surface area contributed by atoms with E-state index < -0.39 is 27.3 Å². The summed E-state index contributed by atoms with van der Waals surface area (Å²) < 4.78 is 65.3. The van der Waals surface area contributed by atoms with E-state index >= 15 is 0 Å². The number of sulfonamides is 1. The van der Waals surface area contributed by atoms with Crippen molar-refractivity contribution < 1.29 is 21.6 Å². The molecule has 0 bridgehead atoms. The van der Waals surface area contributed by atoms with Crippen LogP contribution >= 0.6 is 0 Å². The molecule has 0 radical (unpaired) electrons. The fourth-order valence-corrected chi connectivity index (χ4v) is 5.00. The number of nitriles is 1. The number of hydrogen-bond donors (Lipinski definition) is 1. The minimum Gasteiger partial charge on any atom is -0.316 e. The molecule has 3 rings (SSSR count). The van der Waals surface area contributed by atoms with Gasteiger partial charge in [0.05, 0.1) is 22.1 Å². The van der Waals surface area contributed by atoms with Crippen molar-refractivity contribution in [2.24, 2.45) is 5.41 Å². The molecule has 2 aliphatic heterocycles. The summed E-state index contributed by atoms with van der Waals surface area (Å²) in [6.07, 6.45) is -3.08. The van der Waals surface area contributed by atoms with E-state index in [-0.39, 0.29) is 10.3 Å². The van der Waals surface area contributed by atoms with Crippen molar-refractivity contribution in [2.45, 2.75) is 23.9 Å². The third-order valence-corrected chi connectivity index (χ3v) is 6.63. The van der Waals surface area contributed by atoms with Gasteiger partial charge in [-0.2, -0.15) is 22.7 Å². The molecule has 1 atom stereocenters. The minimum absolute atomic E-state index is 0.0863. The predicted octanol–water partition coefficient (Wildman–Crippen LogP) is 1.95. The number of nitrogens with one attached hydrogen (secondary N) is 1. The van der Waals surface area contributed by atoms with Crippen LogP contribution < -0.4 is 5.32 Å². The van der Waals surface area contributed by atoms with Crippen LogP contribution in [0.25, 0.3) is 0 Å². The van der Waals surface area contributed by atoms with E-state index in [1.165, 1.54) is 10.4 Å². The van der Waals surface area contributed by atoms with Crippen molar-refractivity contribution in [3.05, 3.63) is 29.3 Å². The number of hydrogen-bond acceptors (Lipinski definition) is 4. The molecule has 0 amide bonds. The molecule has 1 N–H and O–H groups in total. The Hall–Kier alpha value is -1.63. The van der Waals surface area contributed by atoms with Crippen LogP contribution in [-0.2, 0) is 16.2 Å². The highest BCUT2D eigenvalue weighted by molar-refractivity contribution is 7.89. The molecule has 1 aromatic rings. The van der Waals surface area contributed by atoms with Gasteiger partial charge in [0.2, 0.25) is 10.0 Å². The van der Waals surface area contributed by atoms with Crippen molar-refractivity contribution >= 4 is 10.0 Å². The smallest absolute Gasteiger partial charge is 0.316 e. The summed E-state index contributed by atoms with van der Waals surface area (Å²) in [5.41, 5.74) is -1.89. The first-order valence-corrected chi connectivity index (χ1v) is 8.94. The van der Waals surface area contributed by atoms with Crippen LogP contribution in [0.4, 0.5) is 13.2 Å². The summed E-state index contributed by atoms with van der Waals surface area (Å²) in [6.45, 7) is 2.28. The second-order valence-corrected chi connectivity index (χ2v) is 8.27. The lowest BCUT2D eigenvalue weighted by Gasteiger charge is -2.22. The van der Waals surface area contributed by atoms with Gasteiger partial charge in [0.1, 0.15) is 0 Å². The summed E-state index contributed by atoms with van der Waals surface area (Å²) in [5.74, 6) is 0. The van der Waals surface area contributed by atoms with Crippen molar-refractivity contribution in [2.75, 3.05) is 26.2 Å². The predicted molar refractivity (Wildman–Crippen MR) is 79.5 cm³/mol. The van der Waals surface area contributed by atoms with Crippen molar-refractivity contribution in [3.8, 4) is 6.07 Å². The SMILES string of the molecule is N#Cc1cc(S(=O)(=O)N2CCC3(CCNC3)C2)ccc1C(F)(F)F. The second kappa shape index (κ2) is 5.72. The van der Waals surface area contributed by atoms with Gasteiger partial charge in [-0.05, 0) is 43.0 Å². The number of alkyl halides is 3. The summed E-state index contributed by atoms with van der Waals surface area (Å²) >= 11 is 0. The normalized spacial score (nSPS) is 25.2. The average molecular weight is 359 g/mol. The average Bonchev–Trinajstić information content (AvgIpc) is 3.16. The van der Waals surface area contributed by atoms with Gasteiger partial charge in [0, 0.05) is 19.6 Å². The van der Waals surface area contributed by atoms with Crippen LogP contribution in [-0.4, -0.2) is 38.9 Å². The first-order valence-electron chi connectivity index (χ1n) is 7.50. The second-order valence-electron chi connectivity index (χ2n) is 6.33. The van der Waals surface area contributed by atoms with Crippen LogP contribution in [0.2, 0.25) is 0 Å². The lowest BCUT2D eigenvalue weighted by Crippen LogP contribution is -2.33. The van der Waals surface area contributed by atoms with Gasteiger partial charge in [-0.3, -0.25) is 0 Å². The molecule has 0 saturated carbocycles. The van der Waals surface area contributed by atoms with Crippen molar-refractivity contribution in [3.63, 3.8) is 0 Å². The maximum atomic E-state index is 12.8. The van der Waals surface area contributed by atoms with Gasteiger partial charge >= 0.3 is 6.18 Å². The molecule has 2 aliphatic rings. The van der Waals surface area contributed by atoms with Crippen molar-refractivity contribution in [1.29, 1.82) is 5.26 Å². The highest BCUT2D eigenvalue weighted by Crippen LogP contribution is 2.39. The molecule has 1 unspecified atom stereocenters. The van der Waals surface area contributed by atoms with Crippen molar-refractivity contribution in [1.82, 2.24) is 9.62 Å².